The molecule has 1 fully saturated rings. The minimum atomic E-state index is -0.0204. The monoisotopic (exact) mass is 344 g/mol. The molecule has 3 rings (SSSR count). The Labute approximate surface area is 147 Å². The number of likely N-dealkylation sites (tertiary alicyclic amines) is 1. The maximum atomic E-state index is 13.0. The highest BCUT2D eigenvalue weighted by Gasteiger charge is 2.28. The Morgan fingerprint density at radius 2 is 2.12 bits per heavy atom. The molecule has 1 aromatic heterocycles. The van der Waals surface area contributed by atoms with E-state index in [1.165, 1.54) is 5.56 Å². The van der Waals surface area contributed by atoms with Crippen molar-refractivity contribution in [1.29, 1.82) is 0 Å². The molecule has 4 nitrogen and oxygen atoms in total. The van der Waals surface area contributed by atoms with E-state index in [1.54, 1.807) is 37.7 Å². The lowest BCUT2D eigenvalue weighted by molar-refractivity contribution is 0.0808. The van der Waals surface area contributed by atoms with E-state index in [0.29, 0.717) is 16.3 Å². The van der Waals surface area contributed by atoms with E-state index < -0.39 is 0 Å². The van der Waals surface area contributed by atoms with E-state index in [9.17, 15) is 4.79 Å². The van der Waals surface area contributed by atoms with Crippen molar-refractivity contribution in [2.24, 2.45) is 5.92 Å². The fourth-order valence-electron chi connectivity index (χ4n) is 3.25. The molecule has 2 heterocycles. The van der Waals surface area contributed by atoms with Gasteiger partial charge in [0.2, 0.25) is 0 Å². The molecule has 1 aliphatic rings. The first-order valence-electron chi connectivity index (χ1n) is 8.16. The van der Waals surface area contributed by atoms with Crippen LogP contribution in [-0.4, -0.2) is 35.9 Å². The maximum absolute atomic E-state index is 13.0. The van der Waals surface area contributed by atoms with Crippen molar-refractivity contribution in [1.82, 2.24) is 9.88 Å². The second-order valence-electron chi connectivity index (χ2n) is 6.14. The molecule has 1 saturated heterocycles. The molecule has 1 atom stereocenters. The third-order valence-electron chi connectivity index (χ3n) is 4.46. The van der Waals surface area contributed by atoms with E-state index in [2.05, 4.69) is 9.88 Å². The number of benzene rings is 1. The lowest BCUT2D eigenvalue weighted by Gasteiger charge is -2.32. The summed E-state index contributed by atoms with van der Waals surface area (Å²) >= 11 is 6.07. The molecule has 0 radical (unpaired) electrons. The lowest BCUT2D eigenvalue weighted by Crippen LogP contribution is -2.38. The van der Waals surface area contributed by atoms with E-state index in [4.69, 9.17) is 16.3 Å². The Morgan fingerprint density at radius 3 is 2.88 bits per heavy atom. The number of carbonyl (C=O) groups is 1. The molecule has 24 heavy (non-hydrogen) atoms. The van der Waals surface area contributed by atoms with Gasteiger partial charge in [-0.15, -0.1) is 0 Å². The fraction of sp³-hybridized carbons (Fsp3) is 0.368. The van der Waals surface area contributed by atoms with Crippen molar-refractivity contribution < 1.29 is 9.53 Å². The predicted octanol–water partition coefficient (Wildman–Crippen LogP) is 3.84. The summed E-state index contributed by atoms with van der Waals surface area (Å²) in [5.41, 5.74) is 1.80. The zero-order valence-electron chi connectivity index (χ0n) is 13.7. The number of aromatic nitrogens is 1. The van der Waals surface area contributed by atoms with E-state index in [-0.39, 0.29) is 11.7 Å². The molecule has 126 valence electrons. The Morgan fingerprint density at radius 1 is 1.33 bits per heavy atom. The molecule has 0 amide bonds. The van der Waals surface area contributed by atoms with Crippen LogP contribution >= 0.6 is 11.6 Å². The third-order valence-corrected chi connectivity index (χ3v) is 4.69. The summed E-state index contributed by atoms with van der Waals surface area (Å²) in [5.74, 6) is 0.692. The molecular weight excluding hydrogens is 324 g/mol. The predicted molar refractivity (Wildman–Crippen MR) is 94.6 cm³/mol. The van der Waals surface area contributed by atoms with Crippen molar-refractivity contribution >= 4 is 17.4 Å². The van der Waals surface area contributed by atoms with Gasteiger partial charge in [-0.05, 0) is 55.3 Å². The summed E-state index contributed by atoms with van der Waals surface area (Å²) in [7, 11) is 1.58. The molecule has 0 aliphatic carbocycles. The molecule has 0 unspecified atom stereocenters. The Balaban J connectivity index is 1.72. The minimum Gasteiger partial charge on any atom is -0.496 e. The summed E-state index contributed by atoms with van der Waals surface area (Å²) in [6, 6.07) is 9.25. The average Bonchev–Trinajstić information content (AvgIpc) is 2.62. The highest BCUT2D eigenvalue weighted by Crippen LogP contribution is 2.29. The zero-order chi connectivity index (χ0) is 16.9. The summed E-state index contributed by atoms with van der Waals surface area (Å²) in [4.78, 5) is 19.3. The number of piperidine rings is 1. The van der Waals surface area contributed by atoms with Crippen LogP contribution in [0.2, 0.25) is 5.02 Å². The number of carbonyl (C=O) groups excluding carboxylic acids is 1. The molecule has 0 N–H and O–H groups in total. The first-order valence-corrected chi connectivity index (χ1v) is 8.54. The van der Waals surface area contributed by atoms with Gasteiger partial charge in [0.15, 0.2) is 5.78 Å². The van der Waals surface area contributed by atoms with Gasteiger partial charge in [0.25, 0.3) is 0 Å². The number of nitrogens with zero attached hydrogens (tertiary/aromatic N) is 2. The van der Waals surface area contributed by atoms with Crippen LogP contribution in [0.4, 0.5) is 0 Å². The average molecular weight is 345 g/mol. The third kappa shape index (κ3) is 3.94. The molecule has 0 spiro atoms. The van der Waals surface area contributed by atoms with E-state index >= 15 is 0 Å². The molecule has 5 heteroatoms. The molecule has 0 saturated carbocycles. The van der Waals surface area contributed by atoms with Crippen molar-refractivity contribution in [2.45, 2.75) is 19.4 Å². The number of pyridine rings is 1. The normalized spacial score (nSPS) is 18.3. The van der Waals surface area contributed by atoms with Crippen molar-refractivity contribution in [3.8, 4) is 5.75 Å². The number of Topliss-reactive ketones (excluding diaryl/α,β-unsaturated/α-hetero) is 1. The lowest BCUT2D eigenvalue weighted by atomic mass is 9.89. The first-order chi connectivity index (χ1) is 11.7. The van der Waals surface area contributed by atoms with E-state index in [0.717, 1.165) is 32.5 Å². The second-order valence-corrected chi connectivity index (χ2v) is 6.58. The van der Waals surface area contributed by atoms with Crippen LogP contribution in [0, 0.1) is 5.92 Å². The van der Waals surface area contributed by atoms with Gasteiger partial charge in [0.1, 0.15) is 5.75 Å². The maximum Gasteiger partial charge on any atom is 0.170 e. The molecule has 2 aromatic rings. The number of ether oxygens (including phenoxy) is 1. The Kier molecular flexibility index (Phi) is 5.48. The topological polar surface area (TPSA) is 42.4 Å². The number of ketones is 1. The van der Waals surface area contributed by atoms with Crippen LogP contribution in [0.5, 0.6) is 5.75 Å². The number of rotatable bonds is 5. The van der Waals surface area contributed by atoms with Gasteiger partial charge in [0.05, 0.1) is 12.7 Å². The zero-order valence-corrected chi connectivity index (χ0v) is 14.5. The van der Waals surface area contributed by atoms with Crippen LogP contribution in [0.1, 0.15) is 28.8 Å². The fourth-order valence-corrected chi connectivity index (χ4v) is 3.42. The van der Waals surface area contributed by atoms with Gasteiger partial charge in [-0.2, -0.15) is 0 Å². The van der Waals surface area contributed by atoms with Gasteiger partial charge >= 0.3 is 0 Å². The van der Waals surface area contributed by atoms with Crippen LogP contribution in [0.15, 0.2) is 42.7 Å². The smallest absolute Gasteiger partial charge is 0.170 e. The number of hydrogen-bond acceptors (Lipinski definition) is 4. The SMILES string of the molecule is COc1ccc(Cl)cc1C(=O)[C@H]1CCCN(Cc2ccncc2)C1. The quantitative estimate of drug-likeness (QED) is 0.773. The van der Waals surface area contributed by atoms with Crippen LogP contribution in [0.25, 0.3) is 0 Å². The molecular formula is C19H21ClN2O2. The van der Waals surface area contributed by atoms with E-state index in [1.807, 2.05) is 12.1 Å². The van der Waals surface area contributed by atoms with Gasteiger partial charge in [-0.1, -0.05) is 11.6 Å². The van der Waals surface area contributed by atoms with Crippen LogP contribution in [0.3, 0.4) is 0 Å². The standard InChI is InChI=1S/C19H21ClN2O2/c1-24-18-5-4-16(20)11-17(18)19(23)15-3-2-10-22(13-15)12-14-6-8-21-9-7-14/h4-9,11,15H,2-3,10,12-13H2,1H3/t15-/m0/s1. The Bertz CT molecular complexity index is 706. The Hall–Kier alpha value is -1.91. The van der Waals surface area contributed by atoms with Crippen LogP contribution < -0.4 is 4.74 Å². The van der Waals surface area contributed by atoms with Gasteiger partial charge < -0.3 is 4.74 Å². The first kappa shape index (κ1) is 16.9. The van der Waals surface area contributed by atoms with Gasteiger partial charge in [-0.25, -0.2) is 0 Å². The van der Waals surface area contributed by atoms with Crippen molar-refractivity contribution in [3.63, 3.8) is 0 Å². The second kappa shape index (κ2) is 7.77. The highest BCUT2D eigenvalue weighted by atomic mass is 35.5. The minimum absolute atomic E-state index is 0.0204. The largest absolute Gasteiger partial charge is 0.496 e. The summed E-state index contributed by atoms with van der Waals surface area (Å²) in [6.45, 7) is 2.62. The van der Waals surface area contributed by atoms with Crippen LogP contribution in [-0.2, 0) is 6.54 Å². The van der Waals surface area contributed by atoms with Gasteiger partial charge in [-0.3, -0.25) is 14.7 Å². The molecule has 0 bridgehead atoms. The van der Waals surface area contributed by atoms with Gasteiger partial charge in [0, 0.05) is 36.4 Å². The number of halogens is 1. The summed E-state index contributed by atoms with van der Waals surface area (Å²) < 4.78 is 5.33. The molecule has 1 aliphatic heterocycles. The highest BCUT2D eigenvalue weighted by molar-refractivity contribution is 6.31. The van der Waals surface area contributed by atoms with Crippen molar-refractivity contribution in [2.75, 3.05) is 20.2 Å². The van der Waals surface area contributed by atoms with Crippen molar-refractivity contribution in [3.05, 3.63) is 58.9 Å². The number of hydrogen-bond donors (Lipinski definition) is 0. The molecule has 1 aromatic carbocycles. The summed E-state index contributed by atoms with van der Waals surface area (Å²) in [6.07, 6.45) is 5.53. The number of methoxy groups -OCH3 is 1. The summed E-state index contributed by atoms with van der Waals surface area (Å²) in [5, 5.41) is 0.559.